The van der Waals surface area contributed by atoms with Crippen molar-refractivity contribution in [3.05, 3.63) is 48.5 Å². The van der Waals surface area contributed by atoms with Crippen LogP contribution in [-0.2, 0) is 19.9 Å². The van der Waals surface area contributed by atoms with Gasteiger partial charge in [0.2, 0.25) is 0 Å². The maximum absolute atomic E-state index is 14.1. The summed E-state index contributed by atoms with van der Waals surface area (Å²) >= 11 is 5.33. The van der Waals surface area contributed by atoms with Gasteiger partial charge in [-0.3, -0.25) is 14.5 Å². The second kappa shape index (κ2) is 9.23. The Labute approximate surface area is 209 Å². The van der Waals surface area contributed by atoms with Gasteiger partial charge >= 0.3 is 16.8 Å². The van der Waals surface area contributed by atoms with E-state index in [-0.39, 0.29) is 30.5 Å². The van der Waals surface area contributed by atoms with Crippen LogP contribution < -0.4 is 10.2 Å². The number of amides is 2. The Morgan fingerprint density at radius 1 is 1.08 bits per heavy atom. The van der Waals surface area contributed by atoms with E-state index in [0.29, 0.717) is 17.0 Å². The van der Waals surface area contributed by atoms with E-state index in [4.69, 9.17) is 11.6 Å². The van der Waals surface area contributed by atoms with E-state index in [1.54, 1.807) is 0 Å². The lowest BCUT2D eigenvalue weighted by molar-refractivity contribution is -0.186. The zero-order valence-electron chi connectivity index (χ0n) is 18.6. The summed E-state index contributed by atoms with van der Waals surface area (Å²) in [4.78, 5) is 31.9. The molecule has 3 rings (SSSR count). The Kier molecular flexibility index (Phi) is 7.20. The van der Waals surface area contributed by atoms with Gasteiger partial charge in [-0.25, -0.2) is 14.4 Å². The van der Waals surface area contributed by atoms with Crippen molar-refractivity contribution in [3.63, 3.8) is 0 Å². The smallest absolute Gasteiger partial charge is 0.345 e. The van der Waals surface area contributed by atoms with E-state index in [2.05, 4.69) is 20.0 Å². The molecule has 37 heavy (non-hydrogen) atoms. The first kappa shape index (κ1) is 28.8. The van der Waals surface area contributed by atoms with Gasteiger partial charge in [0.25, 0.3) is 17.4 Å². The third-order valence-electron chi connectivity index (χ3n) is 5.68. The molecule has 1 N–H and O–H groups in total. The van der Waals surface area contributed by atoms with Crippen LogP contribution in [0.1, 0.15) is 25.3 Å². The molecule has 0 radical (unpaired) electrons. The highest BCUT2D eigenvalue weighted by Crippen LogP contribution is 3.02. The second-order valence-electron chi connectivity index (χ2n) is 8.30. The van der Waals surface area contributed by atoms with Gasteiger partial charge in [0.15, 0.2) is 5.54 Å². The van der Waals surface area contributed by atoms with E-state index in [1.807, 2.05) is 0 Å². The molecule has 1 aliphatic carbocycles. The Balaban J connectivity index is 2.06. The summed E-state index contributed by atoms with van der Waals surface area (Å²) in [5.74, 6) is -2.65. The minimum absolute atomic E-state index is 0.0172. The van der Waals surface area contributed by atoms with Crippen molar-refractivity contribution >= 4 is 39.3 Å². The van der Waals surface area contributed by atoms with Crippen LogP contribution in [0.4, 0.5) is 38.3 Å². The molecule has 2 aromatic rings. The van der Waals surface area contributed by atoms with Crippen LogP contribution in [0.15, 0.2) is 47.9 Å². The largest absolute Gasteiger partial charge is 0.351 e. The first-order valence-electron chi connectivity index (χ1n) is 10.3. The Hall–Kier alpha value is -2.72. The molecule has 17 heteroatoms. The van der Waals surface area contributed by atoms with Crippen LogP contribution in [0.5, 0.6) is 0 Å². The summed E-state index contributed by atoms with van der Waals surface area (Å²) < 4.78 is 109. The number of hydrogen-bond donors (Lipinski definition) is 1. The van der Waals surface area contributed by atoms with Crippen molar-refractivity contribution in [2.45, 2.75) is 54.6 Å². The number of aromatic nitrogens is 2. The third-order valence-corrected chi connectivity index (χ3v) is 7.03. The summed E-state index contributed by atoms with van der Waals surface area (Å²) in [5.41, 5.74) is -5.84. The van der Waals surface area contributed by atoms with Gasteiger partial charge in [-0.1, -0.05) is 31.0 Å². The molecule has 1 aliphatic rings. The first-order valence-corrected chi connectivity index (χ1v) is 12.7. The molecule has 0 bridgehead atoms. The molecule has 0 unspecified atom stereocenters. The quantitative estimate of drug-likeness (QED) is 0.298. The molecule has 1 saturated carbocycles. The molecular weight excluding hydrogens is 564 g/mol. The second-order valence-corrected chi connectivity index (χ2v) is 11.1. The van der Waals surface area contributed by atoms with Crippen molar-refractivity contribution in [1.29, 1.82) is 0 Å². The minimum Gasteiger partial charge on any atom is -0.351 e. The zero-order valence-corrected chi connectivity index (χ0v) is 20.2. The number of alkyl halides is 4. The summed E-state index contributed by atoms with van der Waals surface area (Å²) in [7, 11) is -10.1. The lowest BCUT2D eigenvalue weighted by atomic mass is 9.85. The van der Waals surface area contributed by atoms with Crippen LogP contribution >= 0.6 is 21.8 Å². The first-order chi connectivity index (χ1) is 16.8. The average Bonchev–Trinajstić information content (AvgIpc) is 2.76. The van der Waals surface area contributed by atoms with Crippen LogP contribution in [0.2, 0.25) is 0 Å². The number of nitrogens with one attached hydrogen (secondary N) is 1. The summed E-state index contributed by atoms with van der Waals surface area (Å²) in [6, 6.07) is 0.156. The van der Waals surface area contributed by atoms with Gasteiger partial charge in [0, 0.05) is 29.7 Å². The molecule has 2 amide bonds. The number of rotatable bonds is 9. The van der Waals surface area contributed by atoms with Crippen molar-refractivity contribution in [2.75, 3.05) is 4.90 Å². The summed E-state index contributed by atoms with van der Waals surface area (Å²) in [6.07, 6.45) is 2.22. The molecule has 206 valence electrons. The van der Waals surface area contributed by atoms with Crippen LogP contribution in [0.25, 0.3) is 0 Å². The fraction of sp³-hybridized carbons (Fsp3) is 0.400. The normalized spacial score (nSPS) is 22.1. The molecule has 2 atom stereocenters. The lowest BCUT2D eigenvalue weighted by Gasteiger charge is -2.43. The van der Waals surface area contributed by atoms with Crippen LogP contribution in [-0.4, -0.2) is 46.2 Å². The van der Waals surface area contributed by atoms with Gasteiger partial charge in [0.1, 0.15) is 11.2 Å². The molecule has 1 fully saturated rings. The number of nitrogens with zero attached hydrogens (tertiary/aromatic N) is 3. The Morgan fingerprint density at radius 3 is 2.08 bits per heavy atom. The number of carbonyl (C=O) groups excluding carboxylic acids is 2. The highest BCUT2D eigenvalue weighted by atomic mass is 35.5. The minimum atomic E-state index is -10.1. The topological polar surface area (TPSA) is 84.4 Å². The molecule has 1 aromatic carbocycles. The van der Waals surface area contributed by atoms with Crippen molar-refractivity contribution < 1.29 is 46.9 Å². The third kappa shape index (κ3) is 6.41. The number of benzene rings is 1. The van der Waals surface area contributed by atoms with Gasteiger partial charge in [-0.15, -0.1) is 0 Å². The fourth-order valence-electron chi connectivity index (χ4n) is 3.73. The fourth-order valence-corrected chi connectivity index (χ4v) is 4.48. The maximum atomic E-state index is 14.1. The van der Waals surface area contributed by atoms with E-state index in [9.17, 15) is 42.2 Å². The molecule has 1 aromatic heterocycles. The van der Waals surface area contributed by atoms with Crippen LogP contribution in [0, 0.1) is 0 Å². The van der Waals surface area contributed by atoms with E-state index < -0.39 is 62.5 Å². The van der Waals surface area contributed by atoms with E-state index in [1.165, 1.54) is 0 Å². The Bertz CT molecular complexity index is 1150. The SMILES string of the molecule is C[C@](C(=O)NC1CC(OC(F)F)C1)(c1cncnc1)N(C(=O)[C@H](F)Cl)c1ccc(S(F)(F)(F)(F)F)cc1. The Morgan fingerprint density at radius 2 is 1.62 bits per heavy atom. The average molecular weight is 583 g/mol. The highest BCUT2D eigenvalue weighted by Gasteiger charge is 2.65. The van der Waals surface area contributed by atoms with E-state index in [0.717, 1.165) is 25.6 Å². The summed E-state index contributed by atoms with van der Waals surface area (Å²) in [6.45, 7) is -1.97. The zero-order chi connectivity index (χ0) is 27.9. The molecule has 0 aliphatic heterocycles. The van der Waals surface area contributed by atoms with Gasteiger partial charge in [0.05, 0.1) is 6.10 Å². The molecule has 0 spiro atoms. The van der Waals surface area contributed by atoms with E-state index >= 15 is 0 Å². The standard InChI is InChI=1S/C20H19ClF8N4O3S/c1-20(11-8-30-10-31-9-11,18(35)32-12-6-14(7-12)36-19(23)24)33(17(34)16(21)22)13-2-4-15(5-3-13)37(25,26,27,28)29/h2-5,8-10,12,14,16,19H,6-7H2,1H3,(H,32,35)/t12?,14?,16-,20+/m0/s1. The predicted octanol–water partition coefficient (Wildman–Crippen LogP) is 5.80. The summed E-state index contributed by atoms with van der Waals surface area (Å²) in [5, 5.41) is 2.48. The number of halogens is 9. The maximum Gasteiger partial charge on any atom is 0.345 e. The molecule has 1 heterocycles. The number of anilines is 1. The van der Waals surface area contributed by atoms with Crippen molar-refractivity contribution in [2.24, 2.45) is 0 Å². The predicted molar refractivity (Wildman–Crippen MR) is 117 cm³/mol. The monoisotopic (exact) mass is 582 g/mol. The van der Waals surface area contributed by atoms with Crippen molar-refractivity contribution in [3.8, 4) is 0 Å². The molecule has 7 nitrogen and oxygen atoms in total. The van der Waals surface area contributed by atoms with Gasteiger partial charge in [-0.2, -0.15) is 8.78 Å². The number of carbonyl (C=O) groups is 2. The van der Waals surface area contributed by atoms with Gasteiger partial charge < -0.3 is 10.1 Å². The van der Waals surface area contributed by atoms with Gasteiger partial charge in [-0.05, 0) is 44.0 Å². The van der Waals surface area contributed by atoms with Crippen LogP contribution in [0.3, 0.4) is 0 Å². The number of hydrogen-bond acceptors (Lipinski definition) is 5. The highest BCUT2D eigenvalue weighted by molar-refractivity contribution is 8.45. The molecular formula is C20H19ClF8N4O3S. The molecule has 0 saturated heterocycles. The van der Waals surface area contributed by atoms with Crippen molar-refractivity contribution in [1.82, 2.24) is 15.3 Å². The number of ether oxygens (including phenoxy) is 1. The lowest BCUT2D eigenvalue weighted by Crippen LogP contribution is -2.61.